The van der Waals surface area contributed by atoms with Gasteiger partial charge < -0.3 is 29.6 Å². The summed E-state index contributed by atoms with van der Waals surface area (Å²) < 4.78 is 11.1. The van der Waals surface area contributed by atoms with Crippen LogP contribution in [-0.4, -0.2) is 33.1 Å². The molecule has 0 aliphatic rings. The fourth-order valence-electron chi connectivity index (χ4n) is 3.38. The maximum atomic E-state index is 13.5. The van der Waals surface area contributed by atoms with Crippen LogP contribution in [0.1, 0.15) is 38.8 Å². The van der Waals surface area contributed by atoms with E-state index in [1.54, 1.807) is 0 Å². The summed E-state index contributed by atoms with van der Waals surface area (Å²) >= 11 is 0. The maximum Gasteiger partial charge on any atom is 0.204 e. The van der Waals surface area contributed by atoms with E-state index in [-0.39, 0.29) is 44.8 Å². The Bertz CT molecular complexity index is 1280. The lowest BCUT2D eigenvalue weighted by Gasteiger charge is -2.14. The number of hydrogen-bond acceptors (Lipinski definition) is 7. The lowest BCUT2D eigenvalue weighted by atomic mass is 9.99. The first kappa shape index (κ1) is 22.2. The van der Waals surface area contributed by atoms with E-state index in [9.17, 15) is 25.2 Å². The van der Waals surface area contributed by atoms with E-state index in [1.165, 1.54) is 45.2 Å². The van der Waals surface area contributed by atoms with Crippen molar-refractivity contribution in [2.75, 3.05) is 7.11 Å². The van der Waals surface area contributed by atoms with Crippen molar-refractivity contribution in [3.05, 3.63) is 51.2 Å². The average molecular weight is 426 g/mol. The minimum absolute atomic E-state index is 0.0159. The minimum atomic E-state index is -1.19. The SMILES string of the molecule is COc1c(O)cc2oc3cc(O)c(C=CC(C)(C)O)c(O)c3c(=O)c2c1CC=C(C)C. The van der Waals surface area contributed by atoms with Gasteiger partial charge in [0.15, 0.2) is 11.5 Å². The number of hydrogen-bond donors (Lipinski definition) is 4. The highest BCUT2D eigenvalue weighted by Crippen LogP contribution is 2.40. The Hall–Kier alpha value is -3.45. The van der Waals surface area contributed by atoms with Crippen molar-refractivity contribution in [1.29, 1.82) is 0 Å². The number of benzene rings is 2. The smallest absolute Gasteiger partial charge is 0.204 e. The highest BCUT2D eigenvalue weighted by Gasteiger charge is 2.23. The van der Waals surface area contributed by atoms with Gasteiger partial charge in [-0.15, -0.1) is 0 Å². The van der Waals surface area contributed by atoms with Gasteiger partial charge >= 0.3 is 0 Å². The molecular weight excluding hydrogens is 400 g/mol. The quantitative estimate of drug-likeness (QED) is 0.353. The van der Waals surface area contributed by atoms with Crippen molar-refractivity contribution in [3.63, 3.8) is 0 Å². The van der Waals surface area contributed by atoms with E-state index in [2.05, 4.69) is 0 Å². The molecule has 0 radical (unpaired) electrons. The Morgan fingerprint density at radius 1 is 1.10 bits per heavy atom. The van der Waals surface area contributed by atoms with Crippen LogP contribution < -0.4 is 10.2 Å². The van der Waals surface area contributed by atoms with Crippen LogP contribution >= 0.6 is 0 Å². The van der Waals surface area contributed by atoms with E-state index in [0.29, 0.717) is 12.0 Å². The molecular formula is C24H26O7. The van der Waals surface area contributed by atoms with Crippen LogP contribution in [0.25, 0.3) is 28.0 Å². The minimum Gasteiger partial charge on any atom is -0.507 e. The van der Waals surface area contributed by atoms with Crippen molar-refractivity contribution in [1.82, 2.24) is 0 Å². The highest BCUT2D eigenvalue weighted by molar-refractivity contribution is 5.99. The van der Waals surface area contributed by atoms with E-state index < -0.39 is 16.8 Å². The fourth-order valence-corrected chi connectivity index (χ4v) is 3.38. The predicted molar refractivity (Wildman–Crippen MR) is 120 cm³/mol. The van der Waals surface area contributed by atoms with Gasteiger partial charge in [0.2, 0.25) is 5.43 Å². The van der Waals surface area contributed by atoms with Gasteiger partial charge in [-0.1, -0.05) is 17.7 Å². The molecule has 0 spiro atoms. The molecule has 1 heterocycles. The number of ether oxygens (including phenoxy) is 1. The molecule has 0 saturated heterocycles. The summed E-state index contributed by atoms with van der Waals surface area (Å²) in [4.78, 5) is 13.5. The number of phenolic OH excluding ortho intramolecular Hbond substituents is 3. The summed E-state index contributed by atoms with van der Waals surface area (Å²) in [6.07, 6.45) is 4.92. The zero-order valence-corrected chi connectivity index (χ0v) is 18.1. The predicted octanol–water partition coefficient (Wildman–Crippen LogP) is 4.36. The number of fused-ring (bicyclic) bond motifs is 2. The van der Waals surface area contributed by atoms with Crippen LogP contribution in [-0.2, 0) is 6.42 Å². The van der Waals surface area contributed by atoms with Gasteiger partial charge in [0.05, 0.1) is 23.7 Å². The largest absolute Gasteiger partial charge is 0.507 e. The zero-order valence-electron chi connectivity index (χ0n) is 18.1. The molecule has 0 bridgehead atoms. The third kappa shape index (κ3) is 4.22. The van der Waals surface area contributed by atoms with Crippen LogP contribution in [0.4, 0.5) is 0 Å². The summed E-state index contributed by atoms with van der Waals surface area (Å²) in [5.74, 6) is -0.827. The van der Waals surface area contributed by atoms with Crippen LogP contribution in [0.2, 0.25) is 0 Å². The first-order valence-electron chi connectivity index (χ1n) is 9.74. The average Bonchev–Trinajstić information content (AvgIpc) is 2.64. The molecule has 0 fully saturated rings. The van der Waals surface area contributed by atoms with E-state index >= 15 is 0 Å². The lowest BCUT2D eigenvalue weighted by molar-refractivity contribution is 0.134. The molecule has 164 valence electrons. The molecule has 4 N–H and O–H groups in total. The number of rotatable bonds is 5. The second-order valence-electron chi connectivity index (χ2n) is 8.22. The molecule has 0 aliphatic carbocycles. The Morgan fingerprint density at radius 2 is 1.71 bits per heavy atom. The molecule has 0 aliphatic heterocycles. The van der Waals surface area contributed by atoms with Crippen molar-refractivity contribution >= 4 is 28.0 Å². The molecule has 0 saturated carbocycles. The van der Waals surface area contributed by atoms with Gasteiger partial charge in [-0.25, -0.2) is 0 Å². The molecule has 0 atom stereocenters. The van der Waals surface area contributed by atoms with E-state index in [1.807, 2.05) is 19.9 Å². The van der Waals surface area contributed by atoms with Gasteiger partial charge in [-0.05, 0) is 40.2 Å². The van der Waals surface area contributed by atoms with Gasteiger partial charge in [-0.3, -0.25) is 4.79 Å². The van der Waals surface area contributed by atoms with Crippen molar-refractivity contribution < 1.29 is 29.6 Å². The number of methoxy groups -OCH3 is 1. The summed E-state index contributed by atoms with van der Waals surface area (Å²) in [5, 5.41) is 41.5. The molecule has 0 unspecified atom stereocenters. The third-order valence-electron chi connectivity index (χ3n) is 4.86. The van der Waals surface area contributed by atoms with E-state index in [4.69, 9.17) is 9.15 Å². The monoisotopic (exact) mass is 426 g/mol. The first-order valence-corrected chi connectivity index (χ1v) is 9.74. The standard InChI is InChI=1S/C24H26O7/c1-12(2)6-7-14-19-17(11-16(26)23(14)30-5)31-18-10-15(25)13(8-9-24(3,4)29)21(27)20(18)22(19)28/h6,8-11,25-27,29H,7H2,1-5H3. The van der Waals surface area contributed by atoms with Crippen LogP contribution in [0.3, 0.4) is 0 Å². The number of phenols is 3. The van der Waals surface area contributed by atoms with Crippen molar-refractivity contribution in [3.8, 4) is 23.0 Å². The summed E-state index contributed by atoms with van der Waals surface area (Å²) in [6.45, 7) is 6.89. The second kappa shape index (κ2) is 8.00. The molecule has 3 rings (SSSR count). The Labute approximate surface area is 179 Å². The molecule has 2 aromatic carbocycles. The molecule has 3 aromatic rings. The lowest BCUT2D eigenvalue weighted by Crippen LogP contribution is -2.13. The maximum absolute atomic E-state index is 13.5. The Balaban J connectivity index is 2.45. The van der Waals surface area contributed by atoms with Gasteiger partial charge in [0, 0.05) is 17.7 Å². The van der Waals surface area contributed by atoms with Crippen LogP contribution in [0, 0.1) is 0 Å². The van der Waals surface area contributed by atoms with Gasteiger partial charge in [-0.2, -0.15) is 0 Å². The molecule has 7 heteroatoms. The number of aliphatic hydroxyl groups is 1. The molecule has 0 amide bonds. The highest BCUT2D eigenvalue weighted by atomic mass is 16.5. The van der Waals surface area contributed by atoms with Crippen LogP contribution in [0.15, 0.2) is 39.1 Å². The Kier molecular flexibility index (Phi) is 5.74. The zero-order chi connectivity index (χ0) is 23.1. The Morgan fingerprint density at radius 3 is 2.29 bits per heavy atom. The van der Waals surface area contributed by atoms with Gasteiger partial charge in [0.1, 0.15) is 28.1 Å². The fraction of sp³-hybridized carbons (Fsp3) is 0.292. The van der Waals surface area contributed by atoms with Crippen molar-refractivity contribution in [2.24, 2.45) is 0 Å². The first-order chi connectivity index (χ1) is 14.4. The molecule has 31 heavy (non-hydrogen) atoms. The third-order valence-corrected chi connectivity index (χ3v) is 4.86. The number of aromatic hydroxyl groups is 3. The molecule has 7 nitrogen and oxygen atoms in total. The summed E-state index contributed by atoms with van der Waals surface area (Å²) in [5.41, 5.74) is -0.229. The van der Waals surface area contributed by atoms with Crippen molar-refractivity contribution in [2.45, 2.75) is 39.7 Å². The normalized spacial score (nSPS) is 12.1. The summed E-state index contributed by atoms with van der Waals surface area (Å²) in [6, 6.07) is 2.49. The second-order valence-corrected chi connectivity index (χ2v) is 8.22. The summed E-state index contributed by atoms with van der Waals surface area (Å²) in [7, 11) is 1.39. The topological polar surface area (TPSA) is 120 Å². The van der Waals surface area contributed by atoms with Gasteiger partial charge in [0.25, 0.3) is 0 Å². The van der Waals surface area contributed by atoms with E-state index in [0.717, 1.165) is 5.57 Å². The molecule has 1 aromatic heterocycles. The number of allylic oxidation sites excluding steroid dienone is 2. The van der Waals surface area contributed by atoms with Crippen LogP contribution in [0.5, 0.6) is 23.0 Å².